The largest absolute Gasteiger partial charge is 0.351 e. The fourth-order valence-electron chi connectivity index (χ4n) is 2.72. The average molecular weight is 285 g/mol. The third-order valence-corrected chi connectivity index (χ3v) is 4.72. The Kier molecular flexibility index (Phi) is 2.67. The van der Waals surface area contributed by atoms with Crippen molar-refractivity contribution in [1.29, 1.82) is 0 Å². The number of para-hydroxylation sites is 1. The minimum atomic E-state index is -0.292. The number of anilines is 1. The molecule has 20 heavy (non-hydrogen) atoms. The second-order valence-electron chi connectivity index (χ2n) is 4.87. The van der Waals surface area contributed by atoms with E-state index in [4.69, 9.17) is 0 Å². The third-order valence-electron chi connectivity index (χ3n) is 3.70. The first kappa shape index (κ1) is 11.8. The van der Waals surface area contributed by atoms with Crippen LogP contribution in [-0.2, 0) is 13.0 Å². The van der Waals surface area contributed by atoms with Crippen molar-refractivity contribution in [3.8, 4) is 0 Å². The Bertz CT molecular complexity index is 784. The number of hydrogen-bond donors (Lipinski definition) is 0. The molecule has 0 atom stereocenters. The molecule has 0 unspecified atom stereocenters. The Morgan fingerprint density at radius 1 is 1.20 bits per heavy atom. The maximum absolute atomic E-state index is 13.8. The van der Waals surface area contributed by atoms with Crippen molar-refractivity contribution in [3.05, 3.63) is 52.2 Å². The molecule has 1 aliphatic heterocycles. The van der Waals surface area contributed by atoms with Crippen molar-refractivity contribution in [2.24, 2.45) is 0 Å². The van der Waals surface area contributed by atoms with Gasteiger partial charge >= 0.3 is 0 Å². The zero-order valence-electron chi connectivity index (χ0n) is 10.7. The molecule has 0 radical (unpaired) electrons. The smallest absolute Gasteiger partial charge is 0.149 e. The molecule has 3 nitrogen and oxygen atoms in total. The van der Waals surface area contributed by atoms with Crippen molar-refractivity contribution < 1.29 is 4.39 Å². The van der Waals surface area contributed by atoms with Gasteiger partial charge in [-0.25, -0.2) is 14.4 Å². The van der Waals surface area contributed by atoms with Crippen LogP contribution in [0.25, 0.3) is 10.9 Å². The summed E-state index contributed by atoms with van der Waals surface area (Å²) in [5, 5.41) is 2.91. The molecule has 3 heterocycles. The van der Waals surface area contributed by atoms with Crippen LogP contribution >= 0.6 is 11.3 Å². The lowest BCUT2D eigenvalue weighted by Gasteiger charge is -2.28. The molecule has 0 fully saturated rings. The summed E-state index contributed by atoms with van der Waals surface area (Å²) in [7, 11) is 0. The molecular weight excluding hydrogens is 273 g/mol. The van der Waals surface area contributed by atoms with E-state index in [1.165, 1.54) is 22.8 Å². The summed E-state index contributed by atoms with van der Waals surface area (Å²) in [6.07, 6.45) is 2.47. The number of halogens is 1. The van der Waals surface area contributed by atoms with Gasteiger partial charge < -0.3 is 4.90 Å². The molecule has 0 N–H and O–H groups in total. The number of aromatic nitrogens is 2. The summed E-state index contributed by atoms with van der Waals surface area (Å²) in [4.78, 5) is 12.1. The van der Waals surface area contributed by atoms with E-state index in [1.807, 2.05) is 17.4 Å². The molecule has 0 bridgehead atoms. The highest BCUT2D eigenvalue weighted by Crippen LogP contribution is 2.30. The fourth-order valence-corrected chi connectivity index (χ4v) is 3.61. The van der Waals surface area contributed by atoms with E-state index in [-0.39, 0.29) is 5.82 Å². The van der Waals surface area contributed by atoms with Crippen molar-refractivity contribution in [3.63, 3.8) is 0 Å². The van der Waals surface area contributed by atoms with Crippen LogP contribution < -0.4 is 4.90 Å². The van der Waals surface area contributed by atoms with E-state index in [1.54, 1.807) is 6.07 Å². The van der Waals surface area contributed by atoms with E-state index in [2.05, 4.69) is 26.3 Å². The number of rotatable bonds is 1. The molecule has 100 valence electrons. The van der Waals surface area contributed by atoms with Gasteiger partial charge in [-0.15, -0.1) is 11.3 Å². The summed E-state index contributed by atoms with van der Waals surface area (Å²) >= 11 is 1.81. The van der Waals surface area contributed by atoms with E-state index < -0.39 is 0 Å². The molecule has 2 aromatic heterocycles. The molecule has 1 aromatic carbocycles. The van der Waals surface area contributed by atoms with E-state index in [0.717, 1.165) is 30.7 Å². The van der Waals surface area contributed by atoms with Crippen LogP contribution in [0.4, 0.5) is 10.2 Å². The number of benzene rings is 1. The molecule has 4 rings (SSSR count). The van der Waals surface area contributed by atoms with Gasteiger partial charge in [0.25, 0.3) is 0 Å². The molecule has 0 saturated heterocycles. The summed E-state index contributed by atoms with van der Waals surface area (Å²) in [6.45, 7) is 1.75. The Labute approximate surface area is 119 Å². The minimum Gasteiger partial charge on any atom is -0.351 e. The van der Waals surface area contributed by atoms with Gasteiger partial charge in [0, 0.05) is 23.4 Å². The number of nitrogens with zero attached hydrogens (tertiary/aromatic N) is 3. The van der Waals surface area contributed by atoms with Crippen molar-refractivity contribution in [2.75, 3.05) is 11.4 Å². The molecule has 0 saturated carbocycles. The van der Waals surface area contributed by atoms with Crippen LogP contribution in [-0.4, -0.2) is 16.5 Å². The summed E-state index contributed by atoms with van der Waals surface area (Å²) in [5.41, 5.74) is 1.75. The van der Waals surface area contributed by atoms with Crippen molar-refractivity contribution in [1.82, 2.24) is 9.97 Å². The second-order valence-corrected chi connectivity index (χ2v) is 5.87. The van der Waals surface area contributed by atoms with E-state index in [0.29, 0.717) is 5.52 Å². The summed E-state index contributed by atoms with van der Waals surface area (Å²) in [6, 6.07) is 7.20. The van der Waals surface area contributed by atoms with Gasteiger partial charge in [-0.3, -0.25) is 0 Å². The van der Waals surface area contributed by atoms with Gasteiger partial charge in [0.05, 0.1) is 0 Å². The molecular formula is C15H12FN3S. The highest BCUT2D eigenvalue weighted by atomic mass is 32.1. The normalized spacial score (nSPS) is 14.6. The second kappa shape index (κ2) is 4.52. The maximum atomic E-state index is 13.8. The van der Waals surface area contributed by atoms with E-state index in [9.17, 15) is 4.39 Å². The summed E-state index contributed by atoms with van der Waals surface area (Å²) < 4.78 is 13.8. The molecule has 5 heteroatoms. The van der Waals surface area contributed by atoms with Crippen molar-refractivity contribution >= 4 is 28.1 Å². The van der Waals surface area contributed by atoms with Gasteiger partial charge in [0.2, 0.25) is 0 Å². The van der Waals surface area contributed by atoms with Crippen LogP contribution in [0.2, 0.25) is 0 Å². The monoisotopic (exact) mass is 285 g/mol. The number of hydrogen-bond acceptors (Lipinski definition) is 4. The molecule has 0 spiro atoms. The standard InChI is InChI=1S/C15H12FN3S/c16-12-3-1-2-11-14(12)17-9-18-15(11)19-6-4-13-10(8-19)5-7-20-13/h1-3,5,7,9H,4,6,8H2. The minimum absolute atomic E-state index is 0.292. The van der Waals surface area contributed by atoms with Gasteiger partial charge in [-0.1, -0.05) is 6.07 Å². The van der Waals surface area contributed by atoms with Crippen molar-refractivity contribution in [2.45, 2.75) is 13.0 Å². The highest BCUT2D eigenvalue weighted by molar-refractivity contribution is 7.10. The van der Waals surface area contributed by atoms with Gasteiger partial charge in [-0.05, 0) is 35.6 Å². The lowest BCUT2D eigenvalue weighted by atomic mass is 10.1. The first-order valence-electron chi connectivity index (χ1n) is 6.52. The Morgan fingerprint density at radius 2 is 2.15 bits per heavy atom. The van der Waals surface area contributed by atoms with Crippen LogP contribution in [0.1, 0.15) is 10.4 Å². The molecule has 0 amide bonds. The Morgan fingerprint density at radius 3 is 3.10 bits per heavy atom. The maximum Gasteiger partial charge on any atom is 0.149 e. The number of thiophene rings is 1. The Hall–Kier alpha value is -2.01. The van der Waals surface area contributed by atoms with Crippen LogP contribution in [0, 0.1) is 5.82 Å². The zero-order chi connectivity index (χ0) is 13.5. The first-order chi connectivity index (χ1) is 9.83. The molecule has 3 aromatic rings. The number of fused-ring (bicyclic) bond motifs is 2. The van der Waals surface area contributed by atoms with Gasteiger partial charge in [-0.2, -0.15) is 0 Å². The summed E-state index contributed by atoms with van der Waals surface area (Å²) in [5.74, 6) is 0.533. The first-order valence-corrected chi connectivity index (χ1v) is 7.40. The lowest BCUT2D eigenvalue weighted by Crippen LogP contribution is -2.30. The van der Waals surface area contributed by atoms with Gasteiger partial charge in [0.1, 0.15) is 23.5 Å². The predicted octanol–water partition coefficient (Wildman–Crippen LogP) is 3.39. The lowest BCUT2D eigenvalue weighted by molar-refractivity contribution is 0.636. The SMILES string of the molecule is Fc1cccc2c(N3CCc4sccc4C3)ncnc12. The third kappa shape index (κ3) is 1.78. The Balaban J connectivity index is 1.82. The fraction of sp³-hybridized carbons (Fsp3) is 0.200. The highest BCUT2D eigenvalue weighted by Gasteiger charge is 2.20. The zero-order valence-corrected chi connectivity index (χ0v) is 11.5. The van der Waals surface area contributed by atoms with E-state index >= 15 is 0 Å². The van der Waals surface area contributed by atoms with Gasteiger partial charge in [0.15, 0.2) is 0 Å². The molecule has 1 aliphatic rings. The topological polar surface area (TPSA) is 29.0 Å². The molecule has 0 aliphatic carbocycles. The van der Waals surface area contributed by atoms with Crippen LogP contribution in [0.3, 0.4) is 0 Å². The quantitative estimate of drug-likeness (QED) is 0.686. The average Bonchev–Trinajstić information content (AvgIpc) is 2.94. The van der Waals surface area contributed by atoms with Crippen LogP contribution in [0.15, 0.2) is 36.0 Å². The predicted molar refractivity (Wildman–Crippen MR) is 78.6 cm³/mol. The van der Waals surface area contributed by atoms with Crippen LogP contribution in [0.5, 0.6) is 0 Å².